The second kappa shape index (κ2) is 10.7. The summed E-state index contributed by atoms with van der Waals surface area (Å²) in [6.45, 7) is 0.574. The van der Waals surface area contributed by atoms with Gasteiger partial charge < -0.3 is 15.5 Å². The lowest BCUT2D eigenvalue weighted by Gasteiger charge is -2.38. The van der Waals surface area contributed by atoms with Crippen molar-refractivity contribution in [3.05, 3.63) is 47.0 Å². The van der Waals surface area contributed by atoms with Gasteiger partial charge in [0, 0.05) is 43.6 Å². The molecule has 2 fully saturated rings. The maximum atomic E-state index is 15.2. The number of primary amides is 1. The molecule has 0 atom stereocenters. The summed E-state index contributed by atoms with van der Waals surface area (Å²) in [6, 6.07) is 4.93. The van der Waals surface area contributed by atoms with Crippen molar-refractivity contribution in [2.45, 2.75) is 51.2 Å². The van der Waals surface area contributed by atoms with Gasteiger partial charge in [0.25, 0.3) is 11.9 Å². The first-order chi connectivity index (χ1) is 19.3. The van der Waals surface area contributed by atoms with Gasteiger partial charge in [-0.2, -0.15) is 23.8 Å². The molecule has 6 rings (SSSR count). The molecule has 1 amide bonds. The van der Waals surface area contributed by atoms with Gasteiger partial charge >= 0.3 is 6.61 Å². The van der Waals surface area contributed by atoms with Gasteiger partial charge in [-0.1, -0.05) is 0 Å². The Kier molecular flexibility index (Phi) is 7.09. The Morgan fingerprint density at radius 2 is 1.90 bits per heavy atom. The maximum absolute atomic E-state index is 15.2. The Hall–Kier alpha value is -3.71. The standard InChI is InChI=1S/C27H31F3N8O2/c1-35-24-19(23(34-35)25(31)39)6-4-16-15-32-27(33-22(16)24)38(40-26(29)30)21-14-18(5-7-20(21)28)37-12-8-17(9-13-37)36-10-2-3-11-36/h5,7,14-15,17,26H,2-4,6,8-13H2,1H3,(H2,31,39). The molecule has 2 aliphatic heterocycles. The largest absolute Gasteiger partial charge is 0.371 e. The Labute approximate surface area is 229 Å². The molecule has 3 aliphatic rings. The lowest BCUT2D eigenvalue weighted by Crippen LogP contribution is -2.43. The predicted molar refractivity (Wildman–Crippen MR) is 142 cm³/mol. The molecule has 2 aromatic heterocycles. The number of aromatic nitrogens is 4. The van der Waals surface area contributed by atoms with Crippen molar-refractivity contribution in [3.63, 3.8) is 0 Å². The Morgan fingerprint density at radius 1 is 1.15 bits per heavy atom. The number of nitrogens with zero attached hydrogens (tertiary/aromatic N) is 7. The van der Waals surface area contributed by atoms with E-state index in [0.29, 0.717) is 46.6 Å². The third kappa shape index (κ3) is 4.87. The molecule has 0 bridgehead atoms. The number of amides is 1. The van der Waals surface area contributed by atoms with E-state index in [1.165, 1.54) is 35.9 Å². The topological polar surface area (TPSA) is 106 Å². The van der Waals surface area contributed by atoms with E-state index in [2.05, 4.69) is 24.9 Å². The van der Waals surface area contributed by atoms with Crippen LogP contribution in [0.4, 0.5) is 30.5 Å². The normalized spacial score (nSPS) is 17.8. The highest BCUT2D eigenvalue weighted by atomic mass is 19.3. The molecule has 10 nitrogen and oxygen atoms in total. The van der Waals surface area contributed by atoms with Crippen LogP contribution in [0.25, 0.3) is 11.4 Å². The first-order valence-electron chi connectivity index (χ1n) is 13.6. The molecule has 4 heterocycles. The van der Waals surface area contributed by atoms with Gasteiger partial charge in [-0.3, -0.25) is 9.48 Å². The van der Waals surface area contributed by atoms with Crippen LogP contribution in [0, 0.1) is 5.82 Å². The summed E-state index contributed by atoms with van der Waals surface area (Å²) >= 11 is 0. The molecule has 0 saturated carbocycles. The summed E-state index contributed by atoms with van der Waals surface area (Å²) in [4.78, 5) is 30.2. The van der Waals surface area contributed by atoms with E-state index < -0.39 is 18.3 Å². The number of fused-ring (bicyclic) bond motifs is 3. The quantitative estimate of drug-likeness (QED) is 0.441. The van der Waals surface area contributed by atoms with E-state index in [1.54, 1.807) is 13.1 Å². The zero-order chi connectivity index (χ0) is 28.0. The Bertz CT molecular complexity index is 1420. The fourth-order valence-electron chi connectivity index (χ4n) is 6.18. The van der Waals surface area contributed by atoms with Crippen LogP contribution in [0.15, 0.2) is 24.4 Å². The summed E-state index contributed by atoms with van der Waals surface area (Å²) in [7, 11) is 1.64. The third-order valence-corrected chi connectivity index (χ3v) is 8.10. The summed E-state index contributed by atoms with van der Waals surface area (Å²) < 4.78 is 44.0. The van der Waals surface area contributed by atoms with E-state index in [1.807, 2.05) is 0 Å². The lowest BCUT2D eigenvalue weighted by molar-refractivity contribution is -0.130. The minimum Gasteiger partial charge on any atom is -0.371 e. The van der Waals surface area contributed by atoms with Crippen LogP contribution in [-0.4, -0.2) is 69.4 Å². The number of halogens is 3. The molecule has 40 heavy (non-hydrogen) atoms. The number of carbonyl (C=O) groups excluding carboxylic acids is 1. The highest BCUT2D eigenvalue weighted by Gasteiger charge is 2.31. The second-order valence-electron chi connectivity index (χ2n) is 10.5. The minimum atomic E-state index is -3.26. The first kappa shape index (κ1) is 26.5. The van der Waals surface area contributed by atoms with Crippen molar-refractivity contribution < 1.29 is 22.8 Å². The number of alkyl halides is 2. The summed E-state index contributed by atoms with van der Waals surface area (Å²) in [5, 5.41) is 4.87. The molecule has 1 aliphatic carbocycles. The minimum absolute atomic E-state index is 0.135. The van der Waals surface area contributed by atoms with Gasteiger partial charge in [0.2, 0.25) is 0 Å². The van der Waals surface area contributed by atoms with Crippen LogP contribution in [0.5, 0.6) is 0 Å². The van der Waals surface area contributed by atoms with Crippen LogP contribution >= 0.6 is 0 Å². The SMILES string of the molecule is Cn1nc(C(N)=O)c2c1-c1nc(N(OC(F)F)c3cc(N4CCC(N5CCCC5)CC4)ccc3F)ncc1CC2. The van der Waals surface area contributed by atoms with Crippen LogP contribution in [-0.2, 0) is 24.7 Å². The number of carbonyl (C=O) groups is 1. The predicted octanol–water partition coefficient (Wildman–Crippen LogP) is 3.57. The average molecular weight is 557 g/mol. The number of anilines is 3. The van der Waals surface area contributed by atoms with E-state index in [0.717, 1.165) is 44.6 Å². The van der Waals surface area contributed by atoms with Crippen LogP contribution < -0.4 is 15.7 Å². The number of hydrogen-bond acceptors (Lipinski definition) is 8. The Balaban J connectivity index is 1.33. The van der Waals surface area contributed by atoms with Gasteiger partial charge in [0.15, 0.2) is 5.69 Å². The number of piperidine rings is 1. The number of nitrogens with two attached hydrogens (primary N) is 1. The number of likely N-dealkylation sites (tertiary alicyclic amines) is 1. The molecule has 0 spiro atoms. The van der Waals surface area contributed by atoms with Crippen LogP contribution in [0.1, 0.15) is 47.3 Å². The average Bonchev–Trinajstić information content (AvgIpc) is 3.61. The molecule has 2 N–H and O–H groups in total. The fourth-order valence-corrected chi connectivity index (χ4v) is 6.18. The molecule has 0 unspecified atom stereocenters. The zero-order valence-electron chi connectivity index (χ0n) is 22.2. The smallest absolute Gasteiger partial charge is 0.365 e. The van der Waals surface area contributed by atoms with Gasteiger partial charge in [-0.25, -0.2) is 14.4 Å². The number of aryl methyl sites for hydroxylation is 2. The summed E-state index contributed by atoms with van der Waals surface area (Å²) in [6.07, 6.45) is 6.95. The number of benzene rings is 1. The van der Waals surface area contributed by atoms with Crippen LogP contribution in [0.3, 0.4) is 0 Å². The van der Waals surface area contributed by atoms with E-state index in [9.17, 15) is 13.6 Å². The summed E-state index contributed by atoms with van der Waals surface area (Å²) in [5.74, 6) is -1.69. The molecular weight excluding hydrogens is 525 g/mol. The molecule has 3 aromatic rings. The third-order valence-electron chi connectivity index (χ3n) is 8.10. The maximum Gasteiger partial charge on any atom is 0.365 e. The molecule has 1 aromatic carbocycles. The van der Waals surface area contributed by atoms with E-state index in [-0.39, 0.29) is 17.3 Å². The first-order valence-corrected chi connectivity index (χ1v) is 13.6. The fraction of sp³-hybridized carbons (Fsp3) is 0.481. The van der Waals surface area contributed by atoms with Crippen molar-refractivity contribution in [2.24, 2.45) is 12.8 Å². The molecule has 2 saturated heterocycles. The van der Waals surface area contributed by atoms with E-state index in [4.69, 9.17) is 10.6 Å². The number of rotatable bonds is 7. The van der Waals surface area contributed by atoms with Crippen molar-refractivity contribution in [1.82, 2.24) is 24.6 Å². The second-order valence-corrected chi connectivity index (χ2v) is 10.5. The molecular formula is C27H31F3N8O2. The van der Waals surface area contributed by atoms with Crippen molar-refractivity contribution >= 4 is 23.2 Å². The van der Waals surface area contributed by atoms with Crippen molar-refractivity contribution in [3.8, 4) is 11.4 Å². The highest BCUT2D eigenvalue weighted by Crippen LogP contribution is 2.37. The van der Waals surface area contributed by atoms with Crippen molar-refractivity contribution in [2.75, 3.05) is 36.1 Å². The molecule has 0 radical (unpaired) electrons. The lowest BCUT2D eigenvalue weighted by atomic mass is 9.93. The van der Waals surface area contributed by atoms with Gasteiger partial charge in [0.1, 0.15) is 11.5 Å². The van der Waals surface area contributed by atoms with Crippen molar-refractivity contribution in [1.29, 1.82) is 0 Å². The monoisotopic (exact) mass is 556 g/mol. The van der Waals surface area contributed by atoms with Crippen LogP contribution in [0.2, 0.25) is 0 Å². The Morgan fingerprint density at radius 3 is 2.60 bits per heavy atom. The van der Waals surface area contributed by atoms with Gasteiger partial charge in [-0.15, -0.1) is 0 Å². The summed E-state index contributed by atoms with van der Waals surface area (Å²) in [5.41, 5.74) is 8.42. The molecule has 13 heteroatoms. The zero-order valence-corrected chi connectivity index (χ0v) is 22.2. The van der Waals surface area contributed by atoms with E-state index >= 15 is 4.39 Å². The number of hydrogen-bond donors (Lipinski definition) is 1. The van der Waals surface area contributed by atoms with Gasteiger partial charge in [0.05, 0.1) is 11.4 Å². The van der Waals surface area contributed by atoms with Gasteiger partial charge in [-0.05, 0) is 75.4 Å². The highest BCUT2D eigenvalue weighted by molar-refractivity contribution is 5.94. The molecule has 212 valence electrons.